The molecule has 9 heteroatoms. The largest absolute Gasteiger partial charge is 0.478 e. The van der Waals surface area contributed by atoms with E-state index in [4.69, 9.17) is 5.41 Å². The first-order valence-corrected chi connectivity index (χ1v) is 13.6. The topological polar surface area (TPSA) is 79.7 Å². The van der Waals surface area contributed by atoms with Crippen molar-refractivity contribution in [3.8, 4) is 0 Å². The Morgan fingerprint density at radius 2 is 1.58 bits per heavy atom. The molecule has 1 aliphatic heterocycles. The maximum atomic E-state index is 13.5. The molecule has 0 aromatic heterocycles. The van der Waals surface area contributed by atoms with Gasteiger partial charge in [0.15, 0.2) is 0 Å². The molecule has 158 valence electrons. The summed E-state index contributed by atoms with van der Waals surface area (Å²) in [4.78, 5) is 15.5. The predicted octanol–water partition coefficient (Wildman–Crippen LogP) is 6.17. The van der Waals surface area contributed by atoms with Gasteiger partial charge in [0.25, 0.3) is 0 Å². The summed E-state index contributed by atoms with van der Waals surface area (Å²) in [6, 6.07) is 17.2. The van der Waals surface area contributed by atoms with Gasteiger partial charge in [0.1, 0.15) is 5.82 Å². The van der Waals surface area contributed by atoms with Crippen molar-refractivity contribution < 1.29 is 14.3 Å². The molecule has 1 aliphatic rings. The number of carboxylic acid groups (broad SMARTS) is 1. The minimum atomic E-state index is -0.960. The summed E-state index contributed by atoms with van der Waals surface area (Å²) < 4.78 is 13.5. The van der Waals surface area contributed by atoms with Crippen molar-refractivity contribution in [2.75, 3.05) is 28.0 Å². The van der Waals surface area contributed by atoms with Crippen LogP contribution in [0.1, 0.15) is 15.9 Å². The molecule has 0 amide bonds. The summed E-state index contributed by atoms with van der Waals surface area (Å²) in [6.45, 7) is 1.31. The Hall–Kier alpha value is -2.71. The van der Waals surface area contributed by atoms with Gasteiger partial charge in [0, 0.05) is 48.3 Å². The molecule has 1 unspecified atom stereocenters. The zero-order valence-electron chi connectivity index (χ0n) is 16.3. The third-order valence-electron chi connectivity index (χ3n) is 5.18. The van der Waals surface area contributed by atoms with Crippen molar-refractivity contribution >= 4 is 69.0 Å². The van der Waals surface area contributed by atoms with Crippen LogP contribution in [0, 0.1) is 11.2 Å². The van der Waals surface area contributed by atoms with Crippen LogP contribution in [0.15, 0.2) is 60.7 Å². The van der Waals surface area contributed by atoms with Gasteiger partial charge in [0.05, 0.1) is 16.9 Å². The molecule has 1 atom stereocenters. The number of hydrogen-bond donors (Lipinski definition) is 3. The summed E-state index contributed by atoms with van der Waals surface area (Å²) in [6.07, 6.45) is 1.77. The molecule has 0 saturated heterocycles. The van der Waals surface area contributed by atoms with Crippen LogP contribution in [0.2, 0.25) is 0 Å². The number of anilines is 5. The van der Waals surface area contributed by atoms with E-state index in [1.807, 2.05) is 12.1 Å². The Labute approximate surface area is 193 Å². The van der Waals surface area contributed by atoms with Crippen LogP contribution in [-0.4, -0.2) is 30.4 Å². The number of halogens is 2. The van der Waals surface area contributed by atoms with Crippen LogP contribution >= 0.6 is 28.4 Å². The fourth-order valence-electron chi connectivity index (χ4n) is 3.69. The lowest BCUT2D eigenvalue weighted by molar-refractivity contribution is 0.0697. The van der Waals surface area contributed by atoms with E-state index in [0.717, 1.165) is 34.0 Å². The number of fused-ring (bicyclic) bond motifs is 1. The van der Waals surface area contributed by atoms with E-state index in [-0.39, 0.29) is 11.4 Å². The first-order chi connectivity index (χ1) is 15.0. The molecule has 0 aliphatic carbocycles. The minimum absolute atomic E-state index is 0.238. The highest BCUT2D eigenvalue weighted by atomic mass is 127. The van der Waals surface area contributed by atoms with Gasteiger partial charge in [-0.3, -0.25) is 0 Å². The van der Waals surface area contributed by atoms with Crippen molar-refractivity contribution in [2.45, 2.75) is 0 Å². The number of hydrogen-bond acceptors (Lipinski definition) is 5. The van der Waals surface area contributed by atoms with Crippen molar-refractivity contribution in [3.63, 3.8) is 0 Å². The average Bonchev–Trinajstić information content (AvgIpc) is 2.79. The standard InChI is InChI=1S/C22H19FIN4O2P/c23-16-3-7-18(8-4-16)27-9-10-28(17-5-1-14(2-6-17)22(29)30)21-12-19(26-31-24)15(13-25)11-20(21)27/h1-8,11-13,25-26,31H,9-10H2,(H,29,30). The molecule has 1 heterocycles. The molecule has 3 aromatic rings. The van der Waals surface area contributed by atoms with E-state index < -0.39 is 5.97 Å². The van der Waals surface area contributed by atoms with Crippen LogP contribution in [0.5, 0.6) is 0 Å². The first kappa shape index (κ1) is 21.5. The van der Waals surface area contributed by atoms with E-state index in [1.54, 1.807) is 36.4 Å². The first-order valence-electron chi connectivity index (χ1n) is 9.46. The monoisotopic (exact) mass is 548 g/mol. The van der Waals surface area contributed by atoms with Crippen LogP contribution in [0.3, 0.4) is 0 Å². The van der Waals surface area contributed by atoms with E-state index in [0.29, 0.717) is 19.5 Å². The van der Waals surface area contributed by atoms with Gasteiger partial charge in [-0.05, 0) is 82.7 Å². The van der Waals surface area contributed by atoms with Crippen molar-refractivity contribution in [1.82, 2.24) is 0 Å². The molecule has 0 fully saturated rings. The number of nitrogens with one attached hydrogen (secondary N) is 2. The third kappa shape index (κ3) is 4.36. The fourth-order valence-corrected chi connectivity index (χ4v) is 4.88. The minimum Gasteiger partial charge on any atom is -0.478 e. The summed E-state index contributed by atoms with van der Waals surface area (Å²) in [5.74, 6) is -1.25. The second kappa shape index (κ2) is 9.20. The van der Waals surface area contributed by atoms with Gasteiger partial charge in [0.2, 0.25) is 0 Å². The van der Waals surface area contributed by atoms with Gasteiger partial charge >= 0.3 is 5.97 Å². The van der Waals surface area contributed by atoms with Crippen LogP contribution in [0.4, 0.5) is 32.8 Å². The number of nitrogens with zero attached hydrogens (tertiary/aromatic N) is 2. The zero-order chi connectivity index (χ0) is 22.0. The summed E-state index contributed by atoms with van der Waals surface area (Å²) in [5, 5.41) is 20.4. The lowest BCUT2D eigenvalue weighted by atomic mass is 10.0. The predicted molar refractivity (Wildman–Crippen MR) is 134 cm³/mol. The second-order valence-corrected chi connectivity index (χ2v) is 8.98. The molecule has 3 N–H and O–H groups in total. The van der Waals surface area contributed by atoms with E-state index in [1.165, 1.54) is 18.3 Å². The molecule has 0 bridgehead atoms. The average molecular weight is 548 g/mol. The number of aromatic carboxylic acids is 1. The Kier molecular flexibility index (Phi) is 6.38. The van der Waals surface area contributed by atoms with Gasteiger partial charge in [-0.15, -0.1) is 0 Å². The quantitative estimate of drug-likeness (QED) is 0.195. The van der Waals surface area contributed by atoms with E-state index >= 15 is 0 Å². The maximum absolute atomic E-state index is 13.5. The number of carboxylic acids is 1. The van der Waals surface area contributed by atoms with Gasteiger partial charge < -0.3 is 25.4 Å². The molecule has 0 radical (unpaired) electrons. The highest BCUT2D eigenvalue weighted by Crippen LogP contribution is 2.44. The summed E-state index contributed by atoms with van der Waals surface area (Å²) >= 11 is 2.25. The molecule has 3 aromatic carbocycles. The number of carbonyl (C=O) groups is 1. The molecule has 4 rings (SSSR count). The Balaban J connectivity index is 1.83. The number of rotatable bonds is 6. The van der Waals surface area contributed by atoms with Crippen LogP contribution < -0.4 is 14.9 Å². The Morgan fingerprint density at radius 1 is 1.03 bits per heavy atom. The highest BCUT2D eigenvalue weighted by Gasteiger charge is 2.26. The van der Waals surface area contributed by atoms with E-state index in [9.17, 15) is 14.3 Å². The van der Waals surface area contributed by atoms with Crippen LogP contribution in [-0.2, 0) is 0 Å². The van der Waals surface area contributed by atoms with Gasteiger partial charge in [-0.25, -0.2) is 9.18 Å². The van der Waals surface area contributed by atoms with E-state index in [2.05, 4.69) is 36.9 Å². The normalized spacial score (nSPS) is 13.4. The second-order valence-electron chi connectivity index (χ2n) is 6.92. The van der Waals surface area contributed by atoms with Gasteiger partial charge in [-0.1, -0.05) is 0 Å². The zero-order valence-corrected chi connectivity index (χ0v) is 19.4. The lowest BCUT2D eigenvalue weighted by Gasteiger charge is -2.39. The fraction of sp³-hybridized carbons (Fsp3) is 0.0909. The molecule has 31 heavy (non-hydrogen) atoms. The summed E-state index contributed by atoms with van der Waals surface area (Å²) in [7, 11) is 0. The molecule has 6 nitrogen and oxygen atoms in total. The molecule has 0 spiro atoms. The highest BCUT2D eigenvalue weighted by molar-refractivity contribution is 14.2. The van der Waals surface area contributed by atoms with Gasteiger partial charge in [-0.2, -0.15) is 0 Å². The molecular weight excluding hydrogens is 529 g/mol. The van der Waals surface area contributed by atoms with Crippen molar-refractivity contribution in [1.29, 1.82) is 5.41 Å². The lowest BCUT2D eigenvalue weighted by Crippen LogP contribution is -2.36. The third-order valence-corrected chi connectivity index (χ3v) is 6.35. The summed E-state index contributed by atoms with van der Waals surface area (Å²) in [5.41, 5.74) is 5.45. The van der Waals surface area contributed by atoms with Crippen molar-refractivity contribution in [3.05, 3.63) is 77.6 Å². The maximum Gasteiger partial charge on any atom is 0.335 e. The Bertz CT molecular complexity index is 1130. The number of benzene rings is 3. The van der Waals surface area contributed by atoms with Crippen LogP contribution in [0.25, 0.3) is 0 Å². The molecular formula is C22H19FIN4O2P. The van der Waals surface area contributed by atoms with Crippen molar-refractivity contribution in [2.24, 2.45) is 0 Å². The molecule has 0 saturated carbocycles. The SMILES string of the molecule is N=Cc1cc2c(cc1NPI)N(c1ccc(C(=O)O)cc1)CCN2c1ccc(F)cc1. The Morgan fingerprint density at radius 3 is 2.10 bits per heavy atom. The smallest absolute Gasteiger partial charge is 0.335 e.